The van der Waals surface area contributed by atoms with E-state index in [-0.39, 0.29) is 0 Å². The van der Waals surface area contributed by atoms with Crippen LogP contribution in [0.5, 0.6) is 5.75 Å². The number of methoxy groups -OCH3 is 1. The fraction of sp³-hybridized carbons (Fsp3) is 0.214. The second-order valence-corrected chi connectivity index (χ2v) is 4.15. The van der Waals surface area contributed by atoms with Crippen LogP contribution in [0.1, 0.15) is 11.6 Å². The minimum Gasteiger partial charge on any atom is -0.497 e. The minimum absolute atomic E-state index is 0.837. The van der Waals surface area contributed by atoms with E-state index in [1.54, 1.807) is 13.4 Å². The van der Waals surface area contributed by atoms with Gasteiger partial charge in [-0.3, -0.25) is 0 Å². The molecule has 0 aliphatic heterocycles. The zero-order valence-corrected chi connectivity index (χ0v) is 10.1. The highest BCUT2D eigenvalue weighted by molar-refractivity contribution is 5.76. The van der Waals surface area contributed by atoms with Crippen LogP contribution in [-0.4, -0.2) is 17.1 Å². The second kappa shape index (κ2) is 4.56. The van der Waals surface area contributed by atoms with Crippen LogP contribution in [0.25, 0.3) is 11.0 Å². The summed E-state index contributed by atoms with van der Waals surface area (Å²) in [5.74, 6) is 2.78. The van der Waals surface area contributed by atoms with Crippen LogP contribution >= 0.6 is 0 Å². The van der Waals surface area contributed by atoms with E-state index in [2.05, 4.69) is 9.97 Å². The molecule has 2 aromatic heterocycles. The van der Waals surface area contributed by atoms with Crippen molar-refractivity contribution in [1.29, 1.82) is 0 Å². The Hall–Kier alpha value is -2.23. The molecule has 2 heterocycles. The number of aryl methyl sites for hydroxylation is 2. The van der Waals surface area contributed by atoms with Crippen LogP contribution in [0.3, 0.4) is 0 Å². The molecule has 4 nitrogen and oxygen atoms in total. The molecular weight excluding hydrogens is 228 g/mol. The Morgan fingerprint density at radius 2 is 2.22 bits per heavy atom. The number of furan rings is 1. The van der Waals surface area contributed by atoms with Gasteiger partial charge in [0.2, 0.25) is 0 Å². The average molecular weight is 242 g/mol. The summed E-state index contributed by atoms with van der Waals surface area (Å²) >= 11 is 0. The molecule has 3 aromatic rings. The minimum atomic E-state index is 0.837. The molecule has 0 saturated heterocycles. The predicted molar refractivity (Wildman–Crippen MR) is 68.8 cm³/mol. The standard InChI is InChI=1S/C14H14N2O2/c1-17-11-4-6-12-13(9-11)16-14(15-12)7-5-10-3-2-8-18-10/h2-4,6,8-9H,5,7H2,1H3,(H,15,16). The summed E-state index contributed by atoms with van der Waals surface area (Å²) in [7, 11) is 1.66. The maximum absolute atomic E-state index is 5.30. The van der Waals surface area contributed by atoms with Crippen molar-refractivity contribution in [1.82, 2.24) is 9.97 Å². The Labute approximate surface area is 105 Å². The largest absolute Gasteiger partial charge is 0.497 e. The topological polar surface area (TPSA) is 51.1 Å². The van der Waals surface area contributed by atoms with Gasteiger partial charge in [-0.05, 0) is 24.3 Å². The number of imidazole rings is 1. The van der Waals surface area contributed by atoms with E-state index in [0.29, 0.717) is 0 Å². The normalized spacial score (nSPS) is 10.9. The average Bonchev–Trinajstić information content (AvgIpc) is 3.04. The van der Waals surface area contributed by atoms with Crippen LogP contribution < -0.4 is 4.74 Å². The Morgan fingerprint density at radius 1 is 1.28 bits per heavy atom. The van der Waals surface area contributed by atoms with Crippen molar-refractivity contribution in [3.8, 4) is 5.75 Å². The number of nitrogens with one attached hydrogen (secondary N) is 1. The van der Waals surface area contributed by atoms with Crippen molar-refractivity contribution >= 4 is 11.0 Å². The number of ether oxygens (including phenoxy) is 1. The maximum Gasteiger partial charge on any atom is 0.121 e. The van der Waals surface area contributed by atoms with Gasteiger partial charge in [-0.1, -0.05) is 0 Å². The van der Waals surface area contributed by atoms with Crippen LogP contribution in [0.2, 0.25) is 0 Å². The van der Waals surface area contributed by atoms with Gasteiger partial charge in [0.25, 0.3) is 0 Å². The molecule has 0 amide bonds. The fourth-order valence-electron chi connectivity index (χ4n) is 1.98. The molecule has 0 saturated carbocycles. The van der Waals surface area contributed by atoms with E-state index in [1.807, 2.05) is 30.3 Å². The number of aromatic amines is 1. The molecule has 1 N–H and O–H groups in total. The molecule has 0 aliphatic rings. The molecular formula is C14H14N2O2. The Bertz CT molecular complexity index is 641. The fourth-order valence-corrected chi connectivity index (χ4v) is 1.98. The number of fused-ring (bicyclic) bond motifs is 1. The monoisotopic (exact) mass is 242 g/mol. The van der Waals surface area contributed by atoms with Gasteiger partial charge in [0.15, 0.2) is 0 Å². The molecule has 0 bridgehead atoms. The first kappa shape index (κ1) is 10.9. The lowest BCUT2D eigenvalue weighted by atomic mass is 10.2. The van der Waals surface area contributed by atoms with Crippen LogP contribution in [0, 0.1) is 0 Å². The third-order valence-corrected chi connectivity index (χ3v) is 2.93. The zero-order valence-electron chi connectivity index (χ0n) is 10.1. The van der Waals surface area contributed by atoms with E-state index in [1.165, 1.54) is 0 Å². The zero-order chi connectivity index (χ0) is 12.4. The number of hydrogen-bond donors (Lipinski definition) is 1. The predicted octanol–water partition coefficient (Wildman–Crippen LogP) is 2.95. The first-order chi connectivity index (χ1) is 8.85. The summed E-state index contributed by atoms with van der Waals surface area (Å²) in [6, 6.07) is 9.71. The first-order valence-electron chi connectivity index (χ1n) is 5.90. The van der Waals surface area contributed by atoms with E-state index >= 15 is 0 Å². The van der Waals surface area contributed by atoms with Crippen molar-refractivity contribution in [3.63, 3.8) is 0 Å². The molecule has 0 radical (unpaired) electrons. The summed E-state index contributed by atoms with van der Waals surface area (Å²) in [6.45, 7) is 0. The van der Waals surface area contributed by atoms with Crippen molar-refractivity contribution < 1.29 is 9.15 Å². The summed E-state index contributed by atoms with van der Waals surface area (Å²) < 4.78 is 10.5. The lowest BCUT2D eigenvalue weighted by Crippen LogP contribution is -1.91. The molecule has 0 fully saturated rings. The van der Waals surface area contributed by atoms with Gasteiger partial charge in [-0.2, -0.15) is 0 Å². The van der Waals surface area contributed by atoms with E-state index in [0.717, 1.165) is 41.2 Å². The Morgan fingerprint density at radius 3 is 3.00 bits per heavy atom. The molecule has 0 aliphatic carbocycles. The highest BCUT2D eigenvalue weighted by atomic mass is 16.5. The van der Waals surface area contributed by atoms with Gasteiger partial charge >= 0.3 is 0 Å². The smallest absolute Gasteiger partial charge is 0.121 e. The molecule has 0 spiro atoms. The summed E-state index contributed by atoms with van der Waals surface area (Å²) in [5.41, 5.74) is 1.97. The lowest BCUT2D eigenvalue weighted by Gasteiger charge is -1.96. The van der Waals surface area contributed by atoms with E-state index in [4.69, 9.17) is 9.15 Å². The SMILES string of the molecule is COc1ccc2nc(CCc3ccco3)[nH]c2c1. The van der Waals surface area contributed by atoms with Crippen molar-refractivity contribution in [2.45, 2.75) is 12.8 Å². The molecule has 1 aromatic carbocycles. The van der Waals surface area contributed by atoms with Gasteiger partial charge in [0.1, 0.15) is 17.3 Å². The lowest BCUT2D eigenvalue weighted by molar-refractivity contribution is 0.415. The summed E-state index contributed by atoms with van der Waals surface area (Å²) in [6.07, 6.45) is 3.38. The van der Waals surface area contributed by atoms with Crippen LogP contribution in [-0.2, 0) is 12.8 Å². The Balaban J connectivity index is 1.80. The van der Waals surface area contributed by atoms with Gasteiger partial charge in [0, 0.05) is 18.9 Å². The van der Waals surface area contributed by atoms with E-state index in [9.17, 15) is 0 Å². The number of nitrogens with zero attached hydrogens (tertiary/aromatic N) is 1. The molecule has 92 valence electrons. The maximum atomic E-state index is 5.30. The Kier molecular flexibility index (Phi) is 2.76. The number of rotatable bonds is 4. The number of benzene rings is 1. The second-order valence-electron chi connectivity index (χ2n) is 4.15. The summed E-state index contributed by atoms with van der Waals surface area (Å²) in [5, 5.41) is 0. The number of hydrogen-bond acceptors (Lipinski definition) is 3. The van der Waals surface area contributed by atoms with Gasteiger partial charge < -0.3 is 14.1 Å². The molecule has 18 heavy (non-hydrogen) atoms. The van der Waals surface area contributed by atoms with Crippen LogP contribution in [0.15, 0.2) is 41.0 Å². The van der Waals surface area contributed by atoms with Crippen LogP contribution in [0.4, 0.5) is 0 Å². The van der Waals surface area contributed by atoms with Gasteiger partial charge in [0.05, 0.1) is 24.4 Å². The molecule has 4 heteroatoms. The third-order valence-electron chi connectivity index (χ3n) is 2.93. The van der Waals surface area contributed by atoms with Crippen molar-refractivity contribution in [2.75, 3.05) is 7.11 Å². The number of H-pyrrole nitrogens is 1. The molecule has 0 unspecified atom stereocenters. The van der Waals surface area contributed by atoms with Gasteiger partial charge in [-0.15, -0.1) is 0 Å². The van der Waals surface area contributed by atoms with Gasteiger partial charge in [-0.25, -0.2) is 4.98 Å². The molecule has 0 atom stereocenters. The highest BCUT2D eigenvalue weighted by Gasteiger charge is 2.05. The first-order valence-corrected chi connectivity index (χ1v) is 5.90. The quantitative estimate of drug-likeness (QED) is 0.765. The summed E-state index contributed by atoms with van der Waals surface area (Å²) in [4.78, 5) is 7.83. The highest BCUT2D eigenvalue weighted by Crippen LogP contribution is 2.19. The van der Waals surface area contributed by atoms with Crippen molar-refractivity contribution in [3.05, 3.63) is 48.2 Å². The number of aromatic nitrogens is 2. The third kappa shape index (κ3) is 2.09. The molecule has 3 rings (SSSR count). The van der Waals surface area contributed by atoms with E-state index < -0.39 is 0 Å². The van der Waals surface area contributed by atoms with Crippen molar-refractivity contribution in [2.24, 2.45) is 0 Å².